The predicted octanol–water partition coefficient (Wildman–Crippen LogP) is 3.17. The molecule has 0 bridgehead atoms. The van der Waals surface area contributed by atoms with Gasteiger partial charge in [-0.15, -0.1) is 0 Å². The normalized spacial score (nSPS) is 10.2. The van der Waals surface area contributed by atoms with Crippen LogP contribution in [0.4, 0.5) is 5.69 Å². The third kappa shape index (κ3) is 2.59. The third-order valence-electron chi connectivity index (χ3n) is 1.89. The number of methoxy groups -OCH3 is 1. The van der Waals surface area contributed by atoms with Crippen molar-refractivity contribution in [2.75, 3.05) is 7.11 Å². The summed E-state index contributed by atoms with van der Waals surface area (Å²) in [5.41, 5.74) is 0.0508. The van der Waals surface area contributed by atoms with Gasteiger partial charge in [-0.3, -0.25) is 10.1 Å². The maximum absolute atomic E-state index is 11.4. The number of esters is 1. The van der Waals surface area contributed by atoms with Crippen molar-refractivity contribution in [1.82, 2.24) is 0 Å². The average Bonchev–Trinajstić information content (AvgIpc) is 2.26. The number of nitrogens with zero attached hydrogens (tertiary/aromatic N) is 1. The van der Waals surface area contributed by atoms with Gasteiger partial charge in [-0.05, 0) is 6.07 Å². The van der Waals surface area contributed by atoms with Crippen molar-refractivity contribution in [3.05, 3.63) is 39.4 Å². The standard InChI is InChI=1S/C9H7Br2NO4/c1-16-9(13)6-4-2-3-5(8(10)11)7(6)12(14)15/h2-4,8H,1H3. The second-order valence-electron chi connectivity index (χ2n) is 2.79. The lowest BCUT2D eigenvalue weighted by atomic mass is 10.1. The van der Waals surface area contributed by atoms with Gasteiger partial charge in [0.2, 0.25) is 0 Å². The molecule has 5 nitrogen and oxygen atoms in total. The fourth-order valence-electron chi connectivity index (χ4n) is 1.22. The first kappa shape index (κ1) is 13.1. The number of alkyl halides is 2. The Labute approximate surface area is 108 Å². The first-order chi connectivity index (χ1) is 7.49. The van der Waals surface area contributed by atoms with E-state index in [1.54, 1.807) is 12.1 Å². The topological polar surface area (TPSA) is 69.4 Å². The summed E-state index contributed by atoms with van der Waals surface area (Å²) in [4.78, 5) is 21.7. The highest BCUT2D eigenvalue weighted by Crippen LogP contribution is 2.37. The van der Waals surface area contributed by atoms with E-state index in [9.17, 15) is 14.9 Å². The number of rotatable bonds is 3. The van der Waals surface area contributed by atoms with Crippen molar-refractivity contribution in [2.24, 2.45) is 0 Å². The Morgan fingerprint density at radius 1 is 1.50 bits per heavy atom. The highest BCUT2D eigenvalue weighted by Gasteiger charge is 2.27. The molecule has 1 rings (SSSR count). The molecule has 0 fully saturated rings. The molecule has 86 valence electrons. The maximum atomic E-state index is 11.4. The number of halogens is 2. The Morgan fingerprint density at radius 2 is 2.12 bits per heavy atom. The van der Waals surface area contributed by atoms with Crippen LogP contribution in [0.25, 0.3) is 0 Å². The zero-order valence-corrected chi connectivity index (χ0v) is 11.3. The number of nitro benzene ring substituents is 1. The van der Waals surface area contributed by atoms with Crippen molar-refractivity contribution >= 4 is 43.5 Å². The molecule has 0 aromatic heterocycles. The second kappa shape index (κ2) is 5.40. The summed E-state index contributed by atoms with van der Waals surface area (Å²) in [5, 5.41) is 10.9. The van der Waals surface area contributed by atoms with Crippen LogP contribution in [0.3, 0.4) is 0 Å². The van der Waals surface area contributed by atoms with E-state index < -0.39 is 14.6 Å². The monoisotopic (exact) mass is 351 g/mol. The van der Waals surface area contributed by atoms with Gasteiger partial charge in [0.15, 0.2) is 0 Å². The Kier molecular flexibility index (Phi) is 4.43. The molecule has 0 radical (unpaired) electrons. The van der Waals surface area contributed by atoms with Gasteiger partial charge in [0.1, 0.15) is 9.30 Å². The van der Waals surface area contributed by atoms with Crippen LogP contribution in [0.2, 0.25) is 0 Å². The van der Waals surface area contributed by atoms with Gasteiger partial charge < -0.3 is 4.74 Å². The van der Waals surface area contributed by atoms with E-state index >= 15 is 0 Å². The summed E-state index contributed by atoms with van der Waals surface area (Å²) in [7, 11) is 1.18. The lowest BCUT2D eigenvalue weighted by Crippen LogP contribution is -2.07. The zero-order chi connectivity index (χ0) is 12.3. The summed E-state index contributed by atoms with van der Waals surface area (Å²) in [6.07, 6.45) is 0. The number of ether oxygens (including phenoxy) is 1. The number of para-hydroxylation sites is 1. The van der Waals surface area contributed by atoms with Crippen LogP contribution in [-0.4, -0.2) is 18.0 Å². The molecular weight excluding hydrogens is 346 g/mol. The molecule has 7 heteroatoms. The van der Waals surface area contributed by atoms with Gasteiger partial charge in [0.25, 0.3) is 5.69 Å². The lowest BCUT2D eigenvalue weighted by molar-refractivity contribution is -0.385. The zero-order valence-electron chi connectivity index (χ0n) is 8.15. The first-order valence-electron chi connectivity index (χ1n) is 4.12. The number of carbonyl (C=O) groups excluding carboxylic acids is 1. The van der Waals surface area contributed by atoms with Crippen LogP contribution in [0, 0.1) is 10.1 Å². The summed E-state index contributed by atoms with van der Waals surface area (Å²) >= 11 is 6.33. The Hall–Kier alpha value is -0.950. The maximum Gasteiger partial charge on any atom is 0.344 e. The highest BCUT2D eigenvalue weighted by atomic mass is 79.9. The quantitative estimate of drug-likeness (QED) is 0.362. The molecule has 16 heavy (non-hydrogen) atoms. The first-order valence-corrected chi connectivity index (χ1v) is 5.96. The Balaban J connectivity index is 3.44. The Bertz CT molecular complexity index is 434. The fraction of sp³-hybridized carbons (Fsp3) is 0.222. The molecule has 0 heterocycles. The molecule has 0 amide bonds. The van der Waals surface area contributed by atoms with E-state index in [-0.39, 0.29) is 11.3 Å². The second-order valence-corrected chi connectivity index (χ2v) is 5.85. The molecule has 1 aromatic rings. The average molecular weight is 353 g/mol. The van der Waals surface area contributed by atoms with Crippen molar-refractivity contribution in [1.29, 1.82) is 0 Å². The van der Waals surface area contributed by atoms with Crippen LogP contribution >= 0.6 is 31.9 Å². The van der Waals surface area contributed by atoms with Gasteiger partial charge >= 0.3 is 5.97 Å². The van der Waals surface area contributed by atoms with Gasteiger partial charge in [-0.2, -0.15) is 0 Å². The smallest absolute Gasteiger partial charge is 0.344 e. The number of nitro groups is 1. The summed E-state index contributed by atoms with van der Waals surface area (Å²) in [6, 6.07) is 4.47. The van der Waals surface area contributed by atoms with E-state index in [4.69, 9.17) is 0 Å². The predicted molar refractivity (Wildman–Crippen MR) is 65.0 cm³/mol. The summed E-state index contributed by atoms with van der Waals surface area (Å²) in [5.74, 6) is -0.728. The van der Waals surface area contributed by atoms with E-state index in [0.29, 0.717) is 5.56 Å². The van der Waals surface area contributed by atoms with Crippen LogP contribution < -0.4 is 0 Å². The van der Waals surface area contributed by atoms with Crippen molar-refractivity contribution < 1.29 is 14.5 Å². The highest BCUT2D eigenvalue weighted by molar-refractivity contribution is 9.24. The van der Waals surface area contributed by atoms with Gasteiger partial charge in [0, 0.05) is 0 Å². The van der Waals surface area contributed by atoms with E-state index in [1.807, 2.05) is 0 Å². The molecule has 0 saturated carbocycles. The van der Waals surface area contributed by atoms with Crippen molar-refractivity contribution in [3.63, 3.8) is 0 Å². The molecule has 0 aliphatic heterocycles. The van der Waals surface area contributed by atoms with Crippen LogP contribution in [0.1, 0.15) is 19.7 Å². The van der Waals surface area contributed by atoms with Crippen LogP contribution in [-0.2, 0) is 4.74 Å². The SMILES string of the molecule is COC(=O)c1cccc(C(Br)Br)c1[N+](=O)[O-]. The summed E-state index contributed by atoms with van der Waals surface area (Å²) < 4.78 is 4.09. The molecule has 0 spiro atoms. The minimum atomic E-state index is -0.728. The number of hydrogen-bond acceptors (Lipinski definition) is 4. The molecule has 0 saturated heterocycles. The van der Waals surface area contributed by atoms with E-state index in [2.05, 4.69) is 36.6 Å². The van der Waals surface area contributed by atoms with Crippen LogP contribution in [0.5, 0.6) is 0 Å². The largest absolute Gasteiger partial charge is 0.465 e. The van der Waals surface area contributed by atoms with Crippen molar-refractivity contribution in [2.45, 2.75) is 3.74 Å². The number of hydrogen-bond donors (Lipinski definition) is 0. The number of carbonyl (C=O) groups is 1. The molecule has 0 aliphatic rings. The van der Waals surface area contributed by atoms with E-state index in [0.717, 1.165) is 0 Å². The summed E-state index contributed by atoms with van der Waals surface area (Å²) in [6.45, 7) is 0. The molecular formula is C9H7Br2NO4. The minimum absolute atomic E-state index is 0.0612. The van der Waals surface area contributed by atoms with Gasteiger partial charge in [0.05, 0.1) is 17.6 Å². The molecule has 0 aliphatic carbocycles. The minimum Gasteiger partial charge on any atom is -0.465 e. The molecule has 0 atom stereocenters. The van der Waals surface area contributed by atoms with Crippen molar-refractivity contribution in [3.8, 4) is 0 Å². The van der Waals surface area contributed by atoms with Gasteiger partial charge in [-0.1, -0.05) is 44.0 Å². The lowest BCUT2D eigenvalue weighted by Gasteiger charge is -2.07. The van der Waals surface area contributed by atoms with E-state index in [1.165, 1.54) is 13.2 Å². The fourth-order valence-corrected chi connectivity index (χ4v) is 1.95. The number of benzene rings is 1. The third-order valence-corrected chi connectivity index (χ3v) is 2.88. The molecule has 0 N–H and O–H groups in total. The molecule has 0 unspecified atom stereocenters. The Morgan fingerprint density at radius 3 is 2.56 bits per heavy atom. The van der Waals surface area contributed by atoms with Crippen LogP contribution in [0.15, 0.2) is 18.2 Å². The van der Waals surface area contributed by atoms with Gasteiger partial charge in [-0.25, -0.2) is 4.79 Å². The molecule has 1 aromatic carbocycles.